The lowest BCUT2D eigenvalue weighted by Crippen LogP contribution is -2.17. The molecule has 1 atom stereocenters. The number of allylic oxidation sites excluding steroid dienone is 1. The molecule has 0 saturated carbocycles. The standard InChI is InChI=1S/C8H17N/c1-4-6-8(5-2)7-9-3/h4,8-9H,1,5-7H2,2-3H3/t8-/m0/s1. The van der Waals surface area contributed by atoms with Crippen LogP contribution in [0.2, 0.25) is 0 Å². The van der Waals surface area contributed by atoms with E-state index in [2.05, 4.69) is 18.8 Å². The molecular formula is C8H17N. The van der Waals surface area contributed by atoms with Crippen molar-refractivity contribution in [2.45, 2.75) is 19.8 Å². The smallest absolute Gasteiger partial charge is 0.00207 e. The summed E-state index contributed by atoms with van der Waals surface area (Å²) in [7, 11) is 1.99. The Morgan fingerprint density at radius 2 is 2.33 bits per heavy atom. The lowest BCUT2D eigenvalue weighted by molar-refractivity contribution is 0.490. The van der Waals surface area contributed by atoms with Gasteiger partial charge in [-0.25, -0.2) is 0 Å². The highest BCUT2D eigenvalue weighted by Crippen LogP contribution is 2.05. The van der Waals surface area contributed by atoms with Crippen LogP contribution in [0.25, 0.3) is 0 Å². The van der Waals surface area contributed by atoms with E-state index in [0.29, 0.717) is 0 Å². The van der Waals surface area contributed by atoms with Gasteiger partial charge in [0.05, 0.1) is 0 Å². The molecule has 0 aromatic carbocycles. The summed E-state index contributed by atoms with van der Waals surface area (Å²) in [6, 6.07) is 0. The molecule has 1 N–H and O–H groups in total. The van der Waals surface area contributed by atoms with Crippen molar-refractivity contribution in [2.75, 3.05) is 13.6 Å². The van der Waals surface area contributed by atoms with Crippen molar-refractivity contribution in [1.29, 1.82) is 0 Å². The van der Waals surface area contributed by atoms with Gasteiger partial charge >= 0.3 is 0 Å². The second-order valence-electron chi connectivity index (χ2n) is 2.36. The molecule has 54 valence electrons. The number of hydrogen-bond donors (Lipinski definition) is 1. The molecule has 0 heterocycles. The Hall–Kier alpha value is -0.300. The van der Waals surface area contributed by atoms with Gasteiger partial charge in [-0.3, -0.25) is 0 Å². The molecule has 0 aliphatic rings. The van der Waals surface area contributed by atoms with E-state index in [1.165, 1.54) is 6.42 Å². The van der Waals surface area contributed by atoms with Crippen LogP contribution in [-0.4, -0.2) is 13.6 Å². The molecule has 0 aliphatic carbocycles. The zero-order chi connectivity index (χ0) is 7.11. The van der Waals surface area contributed by atoms with E-state index in [4.69, 9.17) is 0 Å². The predicted octanol–water partition coefficient (Wildman–Crippen LogP) is 1.81. The largest absolute Gasteiger partial charge is 0.319 e. The van der Waals surface area contributed by atoms with Gasteiger partial charge in [0.2, 0.25) is 0 Å². The maximum Gasteiger partial charge on any atom is -0.00207 e. The third-order valence-electron chi connectivity index (χ3n) is 1.57. The highest BCUT2D eigenvalue weighted by Gasteiger charge is 1.99. The normalized spacial score (nSPS) is 13.1. The van der Waals surface area contributed by atoms with E-state index >= 15 is 0 Å². The summed E-state index contributed by atoms with van der Waals surface area (Å²) >= 11 is 0. The van der Waals surface area contributed by atoms with Crippen LogP contribution < -0.4 is 5.32 Å². The van der Waals surface area contributed by atoms with Gasteiger partial charge in [0.25, 0.3) is 0 Å². The first-order valence-corrected chi connectivity index (χ1v) is 3.60. The van der Waals surface area contributed by atoms with Crippen LogP contribution in [0.1, 0.15) is 19.8 Å². The molecule has 0 aromatic heterocycles. The van der Waals surface area contributed by atoms with Crippen molar-refractivity contribution in [3.05, 3.63) is 12.7 Å². The number of nitrogens with one attached hydrogen (secondary N) is 1. The first-order chi connectivity index (χ1) is 4.35. The Balaban J connectivity index is 3.28. The summed E-state index contributed by atoms with van der Waals surface area (Å²) in [6.07, 6.45) is 4.37. The second-order valence-corrected chi connectivity index (χ2v) is 2.36. The molecule has 0 aliphatic heterocycles. The monoisotopic (exact) mass is 127 g/mol. The minimum Gasteiger partial charge on any atom is -0.319 e. The summed E-state index contributed by atoms with van der Waals surface area (Å²) in [4.78, 5) is 0. The topological polar surface area (TPSA) is 12.0 Å². The Morgan fingerprint density at radius 3 is 2.67 bits per heavy atom. The van der Waals surface area contributed by atoms with Crippen molar-refractivity contribution in [1.82, 2.24) is 5.32 Å². The van der Waals surface area contributed by atoms with E-state index < -0.39 is 0 Å². The van der Waals surface area contributed by atoms with Gasteiger partial charge in [-0.1, -0.05) is 19.4 Å². The molecule has 1 nitrogen and oxygen atoms in total. The highest BCUT2D eigenvalue weighted by molar-refractivity contribution is 4.72. The molecule has 0 bridgehead atoms. The average molecular weight is 127 g/mol. The Bertz CT molecular complexity index is 69.0. The van der Waals surface area contributed by atoms with Crippen molar-refractivity contribution >= 4 is 0 Å². The fraction of sp³-hybridized carbons (Fsp3) is 0.750. The van der Waals surface area contributed by atoms with Gasteiger partial charge in [-0.15, -0.1) is 6.58 Å². The minimum atomic E-state index is 0.785. The fourth-order valence-corrected chi connectivity index (χ4v) is 0.919. The highest BCUT2D eigenvalue weighted by atomic mass is 14.8. The van der Waals surface area contributed by atoms with E-state index in [1.54, 1.807) is 0 Å². The molecule has 0 amide bonds. The van der Waals surface area contributed by atoms with Crippen LogP contribution in [-0.2, 0) is 0 Å². The van der Waals surface area contributed by atoms with E-state index in [-0.39, 0.29) is 0 Å². The molecular weight excluding hydrogens is 110 g/mol. The van der Waals surface area contributed by atoms with Gasteiger partial charge in [0, 0.05) is 0 Å². The van der Waals surface area contributed by atoms with Gasteiger partial charge in [-0.05, 0) is 25.9 Å². The first kappa shape index (κ1) is 8.70. The maximum atomic E-state index is 3.70. The summed E-state index contributed by atoms with van der Waals surface area (Å²) in [5.74, 6) is 0.785. The summed E-state index contributed by atoms with van der Waals surface area (Å²) in [5.41, 5.74) is 0. The van der Waals surface area contributed by atoms with E-state index in [9.17, 15) is 0 Å². The second kappa shape index (κ2) is 5.83. The molecule has 0 aromatic rings. The van der Waals surface area contributed by atoms with Crippen LogP contribution in [0.5, 0.6) is 0 Å². The van der Waals surface area contributed by atoms with Gasteiger partial charge in [0.1, 0.15) is 0 Å². The van der Waals surface area contributed by atoms with Gasteiger partial charge < -0.3 is 5.32 Å². The molecule has 0 radical (unpaired) electrons. The van der Waals surface area contributed by atoms with Gasteiger partial charge in [0.15, 0.2) is 0 Å². The first-order valence-electron chi connectivity index (χ1n) is 3.60. The summed E-state index contributed by atoms with van der Waals surface area (Å²) < 4.78 is 0. The van der Waals surface area contributed by atoms with Crippen LogP contribution in [0, 0.1) is 5.92 Å². The van der Waals surface area contributed by atoms with Crippen molar-refractivity contribution in [2.24, 2.45) is 5.92 Å². The average Bonchev–Trinajstić information content (AvgIpc) is 1.88. The quantitative estimate of drug-likeness (QED) is 0.555. The van der Waals surface area contributed by atoms with Crippen LogP contribution in [0.3, 0.4) is 0 Å². The van der Waals surface area contributed by atoms with Crippen molar-refractivity contribution in [3.63, 3.8) is 0 Å². The van der Waals surface area contributed by atoms with E-state index in [1.807, 2.05) is 13.1 Å². The number of rotatable bonds is 5. The summed E-state index contributed by atoms with van der Waals surface area (Å²) in [6.45, 7) is 7.03. The molecule has 9 heavy (non-hydrogen) atoms. The van der Waals surface area contributed by atoms with Crippen LogP contribution in [0.4, 0.5) is 0 Å². The Kier molecular flexibility index (Phi) is 5.64. The Morgan fingerprint density at radius 1 is 1.67 bits per heavy atom. The van der Waals surface area contributed by atoms with E-state index in [0.717, 1.165) is 18.9 Å². The summed E-state index contributed by atoms with van der Waals surface area (Å²) in [5, 5.41) is 3.16. The molecule has 0 fully saturated rings. The lowest BCUT2D eigenvalue weighted by atomic mass is 10.0. The Labute approximate surface area is 58.2 Å². The minimum absolute atomic E-state index is 0.785. The molecule has 0 unspecified atom stereocenters. The third kappa shape index (κ3) is 4.22. The van der Waals surface area contributed by atoms with Crippen molar-refractivity contribution < 1.29 is 0 Å². The number of hydrogen-bond acceptors (Lipinski definition) is 1. The van der Waals surface area contributed by atoms with Crippen LogP contribution >= 0.6 is 0 Å². The molecule has 1 heteroatoms. The zero-order valence-electron chi connectivity index (χ0n) is 6.48. The van der Waals surface area contributed by atoms with Crippen molar-refractivity contribution in [3.8, 4) is 0 Å². The zero-order valence-corrected chi connectivity index (χ0v) is 6.48. The van der Waals surface area contributed by atoms with Crippen LogP contribution in [0.15, 0.2) is 12.7 Å². The third-order valence-corrected chi connectivity index (χ3v) is 1.57. The lowest BCUT2D eigenvalue weighted by Gasteiger charge is -2.09. The maximum absolute atomic E-state index is 3.70. The fourth-order valence-electron chi connectivity index (χ4n) is 0.919. The molecule has 0 rings (SSSR count). The predicted molar refractivity (Wildman–Crippen MR) is 42.5 cm³/mol. The molecule has 0 saturated heterocycles. The molecule has 0 spiro atoms. The van der Waals surface area contributed by atoms with Gasteiger partial charge in [-0.2, -0.15) is 0 Å². The SMILES string of the molecule is C=CC[C@H](CC)CNC.